The van der Waals surface area contributed by atoms with E-state index in [2.05, 4.69) is 6.92 Å². The van der Waals surface area contributed by atoms with Crippen molar-refractivity contribution in [2.24, 2.45) is 11.8 Å². The highest BCUT2D eigenvalue weighted by Crippen LogP contribution is 2.31. The van der Waals surface area contributed by atoms with Crippen molar-refractivity contribution in [3.63, 3.8) is 0 Å². The minimum Gasteiger partial charge on any atom is -0.481 e. The average molecular weight is 326 g/mol. The molecule has 1 N–H and O–H groups in total. The molecule has 1 rings (SSSR count). The Balaban J connectivity index is 2.00. The van der Waals surface area contributed by atoms with Crippen molar-refractivity contribution in [3.05, 3.63) is 0 Å². The smallest absolute Gasteiger partial charge is 0.311 e. The van der Waals surface area contributed by atoms with Gasteiger partial charge in [-0.2, -0.15) is 0 Å². The van der Waals surface area contributed by atoms with E-state index in [0.717, 1.165) is 12.8 Å². The van der Waals surface area contributed by atoms with Gasteiger partial charge in [0.15, 0.2) is 0 Å². The summed E-state index contributed by atoms with van der Waals surface area (Å²) >= 11 is 0. The first-order valence-electron chi connectivity index (χ1n) is 9.51. The number of hydrogen-bond acceptors (Lipinski definition) is 3. The van der Waals surface area contributed by atoms with Crippen LogP contribution in [0.15, 0.2) is 0 Å². The molecule has 0 bridgehead atoms. The number of hydrogen-bond donors (Lipinski definition) is 1. The van der Waals surface area contributed by atoms with E-state index in [9.17, 15) is 14.7 Å². The van der Waals surface area contributed by atoms with Crippen molar-refractivity contribution >= 4 is 11.9 Å². The van der Waals surface area contributed by atoms with Crippen LogP contribution in [-0.2, 0) is 14.3 Å². The van der Waals surface area contributed by atoms with Crippen molar-refractivity contribution in [1.29, 1.82) is 0 Å². The molecule has 0 saturated carbocycles. The van der Waals surface area contributed by atoms with Crippen LogP contribution in [-0.4, -0.2) is 23.1 Å². The second-order valence-electron chi connectivity index (χ2n) is 6.95. The third-order valence-electron chi connectivity index (χ3n) is 4.96. The van der Waals surface area contributed by atoms with Gasteiger partial charge >= 0.3 is 11.9 Å². The number of carboxylic acids is 1. The minimum absolute atomic E-state index is 0.356. The summed E-state index contributed by atoms with van der Waals surface area (Å²) in [5, 5.41) is 9.22. The van der Waals surface area contributed by atoms with Crippen molar-refractivity contribution in [1.82, 2.24) is 0 Å². The molecule has 0 radical (unpaired) electrons. The number of carbonyl (C=O) groups is 2. The first-order valence-corrected chi connectivity index (χ1v) is 9.51. The Morgan fingerprint density at radius 3 is 1.91 bits per heavy atom. The van der Waals surface area contributed by atoms with E-state index in [-0.39, 0.29) is 5.97 Å². The fourth-order valence-electron chi connectivity index (χ4n) is 3.42. The first kappa shape index (κ1) is 20.0. The zero-order chi connectivity index (χ0) is 17.1. The second kappa shape index (κ2) is 11.5. The van der Waals surface area contributed by atoms with Gasteiger partial charge in [-0.25, -0.2) is 0 Å². The van der Waals surface area contributed by atoms with Crippen LogP contribution < -0.4 is 0 Å². The zero-order valence-corrected chi connectivity index (χ0v) is 14.9. The summed E-state index contributed by atoms with van der Waals surface area (Å²) in [6.07, 6.45) is 14.2. The van der Waals surface area contributed by atoms with E-state index in [0.29, 0.717) is 6.42 Å². The number of aliphatic carboxylic acids is 1. The number of rotatable bonds is 13. The third kappa shape index (κ3) is 7.36. The number of carbonyl (C=O) groups excluding carboxylic acids is 1. The Morgan fingerprint density at radius 2 is 1.43 bits per heavy atom. The van der Waals surface area contributed by atoms with Crippen molar-refractivity contribution in [2.45, 2.75) is 97.0 Å². The molecule has 134 valence electrons. The topological polar surface area (TPSA) is 63.6 Å². The van der Waals surface area contributed by atoms with E-state index in [1.165, 1.54) is 57.8 Å². The van der Waals surface area contributed by atoms with Gasteiger partial charge in [0.05, 0.1) is 5.92 Å². The molecule has 1 fully saturated rings. The second-order valence-corrected chi connectivity index (χ2v) is 6.95. The summed E-state index contributed by atoms with van der Waals surface area (Å²) in [6.45, 7) is 3.90. The van der Waals surface area contributed by atoms with E-state index < -0.39 is 23.9 Å². The van der Waals surface area contributed by atoms with Crippen LogP contribution in [0.4, 0.5) is 0 Å². The normalized spacial score (nSPS) is 23.9. The van der Waals surface area contributed by atoms with Gasteiger partial charge in [0, 0.05) is 0 Å². The maximum absolute atomic E-state index is 11.5. The van der Waals surface area contributed by atoms with Gasteiger partial charge in [0.2, 0.25) is 0 Å². The molecule has 1 heterocycles. The van der Waals surface area contributed by atoms with Crippen LogP contribution in [0.1, 0.15) is 90.9 Å². The molecule has 1 saturated heterocycles. The molecule has 3 atom stereocenters. The number of esters is 1. The van der Waals surface area contributed by atoms with Gasteiger partial charge in [0.25, 0.3) is 0 Å². The summed E-state index contributed by atoms with van der Waals surface area (Å²) in [4.78, 5) is 22.8. The Labute approximate surface area is 141 Å². The number of ether oxygens (including phenoxy) is 1. The molecule has 0 aromatic heterocycles. The Hall–Kier alpha value is -1.06. The van der Waals surface area contributed by atoms with Crippen LogP contribution in [0, 0.1) is 11.8 Å². The fourth-order valence-corrected chi connectivity index (χ4v) is 3.42. The van der Waals surface area contributed by atoms with E-state index in [1.807, 2.05) is 0 Å². The predicted octanol–water partition coefficient (Wildman–Crippen LogP) is 4.95. The first-order chi connectivity index (χ1) is 11.1. The van der Waals surface area contributed by atoms with Gasteiger partial charge in [0.1, 0.15) is 12.0 Å². The molecule has 4 heteroatoms. The molecule has 1 aliphatic rings. The van der Waals surface area contributed by atoms with Crippen molar-refractivity contribution in [3.8, 4) is 0 Å². The summed E-state index contributed by atoms with van der Waals surface area (Å²) < 4.78 is 5.22. The quantitative estimate of drug-likeness (QED) is 0.384. The van der Waals surface area contributed by atoms with Crippen LogP contribution in [0.5, 0.6) is 0 Å². The van der Waals surface area contributed by atoms with Crippen molar-refractivity contribution in [2.75, 3.05) is 0 Å². The fraction of sp³-hybridized carbons (Fsp3) is 0.895. The highest BCUT2D eigenvalue weighted by atomic mass is 16.6. The van der Waals surface area contributed by atoms with E-state index in [1.54, 1.807) is 6.92 Å². The average Bonchev–Trinajstić information content (AvgIpc) is 2.79. The van der Waals surface area contributed by atoms with E-state index >= 15 is 0 Å². The lowest BCUT2D eigenvalue weighted by atomic mass is 9.89. The Kier molecular flexibility index (Phi) is 9.97. The Bertz CT molecular complexity index is 353. The summed E-state index contributed by atoms with van der Waals surface area (Å²) in [7, 11) is 0. The largest absolute Gasteiger partial charge is 0.481 e. The molecule has 0 unspecified atom stereocenters. The molecule has 0 spiro atoms. The van der Waals surface area contributed by atoms with Gasteiger partial charge in [-0.15, -0.1) is 0 Å². The standard InChI is InChI=1S/C19H34O4/c1-3-4-5-6-7-8-9-10-11-12-13-14-16-17(18(20)21)15(2)19(22)23-16/h15-17H,3-14H2,1-2H3,(H,20,21)/t15-,16+,17-/m1/s1. The molecule has 23 heavy (non-hydrogen) atoms. The highest BCUT2D eigenvalue weighted by molar-refractivity contribution is 5.84. The summed E-state index contributed by atoms with van der Waals surface area (Å²) in [6, 6.07) is 0. The van der Waals surface area contributed by atoms with E-state index in [4.69, 9.17) is 4.74 Å². The summed E-state index contributed by atoms with van der Waals surface area (Å²) in [5.74, 6) is -2.43. The van der Waals surface area contributed by atoms with Crippen LogP contribution in [0.25, 0.3) is 0 Å². The lowest BCUT2D eigenvalue weighted by Crippen LogP contribution is -2.27. The maximum Gasteiger partial charge on any atom is 0.311 e. The molecule has 0 amide bonds. The van der Waals surface area contributed by atoms with Gasteiger partial charge in [-0.05, 0) is 12.8 Å². The lowest BCUT2D eigenvalue weighted by Gasteiger charge is -2.15. The molecule has 1 aliphatic heterocycles. The number of carboxylic acid groups (broad SMARTS) is 1. The number of unbranched alkanes of at least 4 members (excludes halogenated alkanes) is 10. The van der Waals surface area contributed by atoms with Crippen LogP contribution in [0.2, 0.25) is 0 Å². The highest BCUT2D eigenvalue weighted by Gasteiger charge is 2.45. The van der Waals surface area contributed by atoms with Crippen LogP contribution in [0.3, 0.4) is 0 Å². The van der Waals surface area contributed by atoms with Gasteiger partial charge < -0.3 is 9.84 Å². The molecule has 0 aromatic carbocycles. The van der Waals surface area contributed by atoms with Crippen molar-refractivity contribution < 1.29 is 19.4 Å². The van der Waals surface area contributed by atoms with Gasteiger partial charge in [-0.1, -0.05) is 78.1 Å². The maximum atomic E-state index is 11.5. The van der Waals surface area contributed by atoms with Crippen LogP contribution >= 0.6 is 0 Å². The SMILES string of the molecule is CCCCCCCCCCCCC[C@@H]1OC(=O)[C@H](C)[C@H]1C(=O)O. The molecule has 0 aromatic rings. The molecular weight excluding hydrogens is 292 g/mol. The molecular formula is C19H34O4. The number of cyclic esters (lactones) is 1. The molecule has 0 aliphatic carbocycles. The monoisotopic (exact) mass is 326 g/mol. The lowest BCUT2D eigenvalue weighted by molar-refractivity contribution is -0.144. The Morgan fingerprint density at radius 1 is 0.957 bits per heavy atom. The zero-order valence-electron chi connectivity index (χ0n) is 14.9. The van der Waals surface area contributed by atoms with Gasteiger partial charge in [-0.3, -0.25) is 9.59 Å². The molecule has 4 nitrogen and oxygen atoms in total. The summed E-state index contributed by atoms with van der Waals surface area (Å²) in [5.41, 5.74) is 0. The third-order valence-corrected chi connectivity index (χ3v) is 4.96. The minimum atomic E-state index is -0.906. The predicted molar refractivity (Wildman–Crippen MR) is 91.2 cm³/mol.